The predicted molar refractivity (Wildman–Crippen MR) is 92.6 cm³/mol. The van der Waals surface area contributed by atoms with E-state index in [1.165, 1.54) is 18.2 Å². The fraction of sp³-hybridized carbons (Fsp3) is 0.176. The van der Waals surface area contributed by atoms with E-state index in [-0.39, 0.29) is 24.4 Å². The zero-order valence-corrected chi connectivity index (χ0v) is 13.5. The Hall–Kier alpha value is -3.42. The van der Waals surface area contributed by atoms with Crippen molar-refractivity contribution in [2.75, 3.05) is 23.8 Å². The average Bonchev–Trinajstić information content (AvgIpc) is 2.61. The molecule has 0 saturated heterocycles. The van der Waals surface area contributed by atoms with Gasteiger partial charge in [0.1, 0.15) is 0 Å². The lowest BCUT2D eigenvalue weighted by Gasteiger charge is -2.11. The Labute approximate surface area is 144 Å². The van der Waals surface area contributed by atoms with E-state index in [1.807, 2.05) is 0 Å². The van der Waals surface area contributed by atoms with Gasteiger partial charge in [-0.2, -0.15) is 0 Å². The molecule has 2 aromatic carbocycles. The number of para-hydroxylation sites is 1. The number of nitro benzene ring substituents is 1. The maximum absolute atomic E-state index is 12.1. The summed E-state index contributed by atoms with van der Waals surface area (Å²) in [5, 5.41) is 16.2. The summed E-state index contributed by atoms with van der Waals surface area (Å²) in [6, 6.07) is 12.3. The van der Waals surface area contributed by atoms with Crippen LogP contribution in [0.2, 0.25) is 0 Å². The van der Waals surface area contributed by atoms with E-state index in [4.69, 9.17) is 4.74 Å². The first kappa shape index (κ1) is 17.9. The summed E-state index contributed by atoms with van der Waals surface area (Å²) in [6.07, 6.45) is 0. The van der Waals surface area contributed by atoms with E-state index in [9.17, 15) is 19.7 Å². The number of ether oxygens (including phenoxy) is 1. The van der Waals surface area contributed by atoms with Crippen LogP contribution in [-0.2, 0) is 9.53 Å². The van der Waals surface area contributed by atoms with Crippen LogP contribution in [0.1, 0.15) is 17.3 Å². The number of nitro groups is 1. The Bertz CT molecular complexity index is 791. The number of rotatable bonds is 7. The molecule has 0 aliphatic heterocycles. The molecule has 2 rings (SSSR count). The second-order valence-corrected chi connectivity index (χ2v) is 4.98. The third-order valence-corrected chi connectivity index (χ3v) is 3.21. The molecule has 0 heterocycles. The average molecular weight is 343 g/mol. The molecule has 2 aromatic rings. The minimum atomic E-state index is -0.523. The molecule has 0 unspecified atom stereocenters. The van der Waals surface area contributed by atoms with Crippen molar-refractivity contribution in [1.82, 2.24) is 0 Å². The first-order chi connectivity index (χ1) is 12.0. The number of carbonyl (C=O) groups is 2. The summed E-state index contributed by atoms with van der Waals surface area (Å²) in [5.41, 5.74) is 0.973. The standard InChI is InChI=1S/C17H17N3O5/c1-2-25-17(22)14-8-3-4-9-15(14)19-16(21)11-18-12-6-5-7-13(10-12)20(23)24/h3-10,18H,2,11H2,1H3,(H,19,21). The van der Waals surface area contributed by atoms with Gasteiger partial charge in [-0.1, -0.05) is 18.2 Å². The Kier molecular flexibility index (Phi) is 6.05. The third-order valence-electron chi connectivity index (χ3n) is 3.21. The largest absolute Gasteiger partial charge is 0.462 e. The summed E-state index contributed by atoms with van der Waals surface area (Å²) >= 11 is 0. The maximum atomic E-state index is 12.1. The lowest BCUT2D eigenvalue weighted by molar-refractivity contribution is -0.384. The summed E-state index contributed by atoms with van der Waals surface area (Å²) < 4.78 is 4.95. The lowest BCUT2D eigenvalue weighted by atomic mass is 10.2. The molecule has 0 aromatic heterocycles. The van der Waals surface area contributed by atoms with Gasteiger partial charge < -0.3 is 15.4 Å². The van der Waals surface area contributed by atoms with Crippen LogP contribution in [0.15, 0.2) is 48.5 Å². The Morgan fingerprint density at radius 1 is 1.16 bits per heavy atom. The highest BCUT2D eigenvalue weighted by Crippen LogP contribution is 2.18. The third kappa shape index (κ3) is 5.03. The fourth-order valence-electron chi connectivity index (χ4n) is 2.09. The van der Waals surface area contributed by atoms with Gasteiger partial charge >= 0.3 is 5.97 Å². The number of amides is 1. The monoisotopic (exact) mass is 343 g/mol. The molecule has 0 spiro atoms. The molecule has 0 atom stereocenters. The van der Waals surface area contributed by atoms with Gasteiger partial charge in [-0.05, 0) is 25.1 Å². The van der Waals surface area contributed by atoms with Crippen LogP contribution < -0.4 is 10.6 Å². The van der Waals surface area contributed by atoms with Gasteiger partial charge in [0.15, 0.2) is 0 Å². The van der Waals surface area contributed by atoms with Gasteiger partial charge in [-0.3, -0.25) is 14.9 Å². The van der Waals surface area contributed by atoms with Crippen molar-refractivity contribution in [3.05, 3.63) is 64.2 Å². The number of benzene rings is 2. The fourth-order valence-corrected chi connectivity index (χ4v) is 2.09. The summed E-state index contributed by atoms with van der Waals surface area (Å²) in [5.74, 6) is -0.923. The Morgan fingerprint density at radius 3 is 2.64 bits per heavy atom. The van der Waals surface area contributed by atoms with E-state index < -0.39 is 16.8 Å². The highest BCUT2D eigenvalue weighted by Gasteiger charge is 2.14. The van der Waals surface area contributed by atoms with Crippen molar-refractivity contribution in [3.63, 3.8) is 0 Å². The van der Waals surface area contributed by atoms with Gasteiger partial charge in [-0.25, -0.2) is 4.79 Å². The zero-order chi connectivity index (χ0) is 18.2. The second kappa shape index (κ2) is 8.44. The number of carbonyl (C=O) groups excluding carboxylic acids is 2. The van der Waals surface area contributed by atoms with Crippen LogP contribution >= 0.6 is 0 Å². The molecule has 1 amide bonds. The van der Waals surface area contributed by atoms with Gasteiger partial charge in [0.2, 0.25) is 5.91 Å². The molecule has 8 heteroatoms. The molecular weight excluding hydrogens is 326 g/mol. The van der Waals surface area contributed by atoms with Crippen molar-refractivity contribution in [2.45, 2.75) is 6.92 Å². The van der Waals surface area contributed by atoms with Crippen LogP contribution in [0.3, 0.4) is 0 Å². The molecule has 8 nitrogen and oxygen atoms in total. The molecule has 0 aliphatic rings. The SMILES string of the molecule is CCOC(=O)c1ccccc1NC(=O)CNc1cccc([N+](=O)[O-])c1. The quantitative estimate of drug-likeness (QED) is 0.454. The molecule has 0 bridgehead atoms. The van der Waals surface area contributed by atoms with Gasteiger partial charge in [0.25, 0.3) is 5.69 Å². The summed E-state index contributed by atoms with van der Waals surface area (Å²) in [7, 11) is 0. The minimum absolute atomic E-state index is 0.0712. The smallest absolute Gasteiger partial charge is 0.340 e. The molecule has 0 radical (unpaired) electrons. The highest BCUT2D eigenvalue weighted by molar-refractivity contribution is 6.02. The molecule has 0 saturated carbocycles. The van der Waals surface area contributed by atoms with Crippen LogP contribution in [0.4, 0.5) is 17.1 Å². The van der Waals surface area contributed by atoms with Gasteiger partial charge in [0, 0.05) is 17.8 Å². The van der Waals surface area contributed by atoms with Crippen molar-refractivity contribution >= 4 is 28.9 Å². The molecule has 2 N–H and O–H groups in total. The molecule has 25 heavy (non-hydrogen) atoms. The minimum Gasteiger partial charge on any atom is -0.462 e. The molecule has 0 aliphatic carbocycles. The summed E-state index contributed by atoms with van der Waals surface area (Å²) in [6.45, 7) is 1.82. The van der Waals surface area contributed by atoms with Crippen molar-refractivity contribution in [2.24, 2.45) is 0 Å². The van der Waals surface area contributed by atoms with E-state index in [0.29, 0.717) is 11.4 Å². The van der Waals surface area contributed by atoms with E-state index in [1.54, 1.807) is 37.3 Å². The van der Waals surface area contributed by atoms with Crippen LogP contribution in [-0.4, -0.2) is 30.0 Å². The number of nitrogens with zero attached hydrogens (tertiary/aromatic N) is 1. The van der Waals surface area contributed by atoms with E-state index in [2.05, 4.69) is 10.6 Å². The number of non-ortho nitro benzene ring substituents is 1. The number of nitrogens with one attached hydrogen (secondary N) is 2. The highest BCUT2D eigenvalue weighted by atomic mass is 16.6. The van der Waals surface area contributed by atoms with Crippen LogP contribution in [0.25, 0.3) is 0 Å². The molecule has 130 valence electrons. The zero-order valence-electron chi connectivity index (χ0n) is 13.5. The predicted octanol–water partition coefficient (Wildman–Crippen LogP) is 2.82. The lowest BCUT2D eigenvalue weighted by Crippen LogP contribution is -2.23. The van der Waals surface area contributed by atoms with Crippen molar-refractivity contribution in [1.29, 1.82) is 0 Å². The van der Waals surface area contributed by atoms with Gasteiger partial charge in [0.05, 0.1) is 29.3 Å². The summed E-state index contributed by atoms with van der Waals surface area (Å²) in [4.78, 5) is 34.2. The van der Waals surface area contributed by atoms with Crippen molar-refractivity contribution < 1.29 is 19.2 Å². The molecular formula is C17H17N3O5. The normalized spacial score (nSPS) is 9.96. The van der Waals surface area contributed by atoms with Crippen LogP contribution in [0, 0.1) is 10.1 Å². The first-order valence-corrected chi connectivity index (χ1v) is 7.55. The Balaban J connectivity index is 2.00. The van der Waals surface area contributed by atoms with E-state index >= 15 is 0 Å². The maximum Gasteiger partial charge on any atom is 0.340 e. The number of hydrogen-bond acceptors (Lipinski definition) is 6. The second-order valence-electron chi connectivity index (χ2n) is 4.98. The van der Waals surface area contributed by atoms with Crippen molar-refractivity contribution in [3.8, 4) is 0 Å². The van der Waals surface area contributed by atoms with Gasteiger partial charge in [-0.15, -0.1) is 0 Å². The number of hydrogen-bond donors (Lipinski definition) is 2. The van der Waals surface area contributed by atoms with Crippen LogP contribution in [0.5, 0.6) is 0 Å². The number of anilines is 2. The Morgan fingerprint density at radius 2 is 1.92 bits per heavy atom. The molecule has 0 fully saturated rings. The topological polar surface area (TPSA) is 111 Å². The number of esters is 1. The first-order valence-electron chi connectivity index (χ1n) is 7.55. The van der Waals surface area contributed by atoms with E-state index in [0.717, 1.165) is 0 Å².